The largest absolute Gasteiger partial charge is 0.337 e. The van der Waals surface area contributed by atoms with Gasteiger partial charge in [0.25, 0.3) is 5.91 Å². The van der Waals surface area contributed by atoms with Gasteiger partial charge in [-0.15, -0.1) is 0 Å². The molecular weight excluding hydrogens is 407 g/mol. The first-order valence-corrected chi connectivity index (χ1v) is 10.7. The summed E-state index contributed by atoms with van der Waals surface area (Å²) in [5.74, 6) is -0.294. The van der Waals surface area contributed by atoms with Crippen molar-refractivity contribution in [2.24, 2.45) is 0 Å². The van der Waals surface area contributed by atoms with E-state index in [0.29, 0.717) is 24.7 Å². The van der Waals surface area contributed by atoms with Crippen LogP contribution in [0, 0.1) is 0 Å². The van der Waals surface area contributed by atoms with Crippen molar-refractivity contribution in [3.05, 3.63) is 63.6 Å². The summed E-state index contributed by atoms with van der Waals surface area (Å²) in [7, 11) is -2.10. The molecule has 0 fully saturated rings. The van der Waals surface area contributed by atoms with E-state index in [1.165, 1.54) is 27.4 Å². The maximum absolute atomic E-state index is 12.8. The smallest absolute Gasteiger partial charge is 0.253 e. The van der Waals surface area contributed by atoms with Crippen LogP contribution < -0.4 is 0 Å². The standard InChI is InChI=1S/C19H22Cl2N2O3S/c1-4-23(5-2)27(25,26)18-12-15(8-11-17(18)21)19(24)22(3)13-14-6-9-16(20)10-7-14/h6-12H,4-5,13H2,1-3H3. The minimum absolute atomic E-state index is 0.0568. The van der Waals surface area contributed by atoms with Crippen LogP contribution in [0.1, 0.15) is 29.8 Å². The minimum atomic E-state index is -3.76. The number of nitrogens with zero attached hydrogens (tertiary/aromatic N) is 2. The van der Waals surface area contributed by atoms with Crippen LogP contribution in [0.15, 0.2) is 47.4 Å². The van der Waals surface area contributed by atoms with Gasteiger partial charge in [0.05, 0.1) is 5.02 Å². The van der Waals surface area contributed by atoms with Crippen LogP contribution in [-0.2, 0) is 16.6 Å². The van der Waals surface area contributed by atoms with E-state index in [4.69, 9.17) is 23.2 Å². The topological polar surface area (TPSA) is 57.7 Å². The molecule has 2 rings (SSSR count). The molecule has 0 radical (unpaired) electrons. The van der Waals surface area contributed by atoms with E-state index in [1.54, 1.807) is 33.0 Å². The average molecular weight is 429 g/mol. The molecule has 27 heavy (non-hydrogen) atoms. The number of carbonyl (C=O) groups is 1. The van der Waals surface area contributed by atoms with Gasteiger partial charge in [0.15, 0.2) is 0 Å². The molecule has 0 unspecified atom stereocenters. The van der Waals surface area contributed by atoms with Crippen molar-refractivity contribution in [2.75, 3.05) is 20.1 Å². The van der Waals surface area contributed by atoms with Crippen molar-refractivity contribution in [3.63, 3.8) is 0 Å². The first kappa shape index (κ1) is 21.7. The van der Waals surface area contributed by atoms with Crippen LogP contribution in [0.2, 0.25) is 10.0 Å². The highest BCUT2D eigenvalue weighted by Gasteiger charge is 2.26. The number of sulfonamides is 1. The lowest BCUT2D eigenvalue weighted by atomic mass is 10.1. The molecule has 1 amide bonds. The van der Waals surface area contributed by atoms with E-state index in [0.717, 1.165) is 5.56 Å². The third kappa shape index (κ3) is 5.02. The number of benzene rings is 2. The average Bonchev–Trinajstić information content (AvgIpc) is 2.64. The Kier molecular flexibility index (Phi) is 7.28. The fourth-order valence-electron chi connectivity index (χ4n) is 2.69. The lowest BCUT2D eigenvalue weighted by Gasteiger charge is -2.21. The van der Waals surface area contributed by atoms with E-state index >= 15 is 0 Å². The van der Waals surface area contributed by atoms with Gasteiger partial charge in [-0.1, -0.05) is 49.2 Å². The third-order valence-corrected chi connectivity index (χ3v) is 6.96. The Morgan fingerprint density at radius 1 is 1.00 bits per heavy atom. The lowest BCUT2D eigenvalue weighted by Crippen LogP contribution is -2.31. The molecule has 0 saturated heterocycles. The van der Waals surface area contributed by atoms with Crippen molar-refractivity contribution >= 4 is 39.1 Å². The highest BCUT2D eigenvalue weighted by atomic mass is 35.5. The first-order valence-electron chi connectivity index (χ1n) is 8.50. The SMILES string of the molecule is CCN(CC)S(=O)(=O)c1cc(C(=O)N(C)Cc2ccc(Cl)cc2)ccc1Cl. The Labute approximate surface area is 170 Å². The molecule has 0 aliphatic rings. The second-order valence-corrected chi connectivity index (χ2v) is 8.77. The van der Waals surface area contributed by atoms with Gasteiger partial charge in [-0.3, -0.25) is 4.79 Å². The van der Waals surface area contributed by atoms with Crippen LogP contribution in [0.3, 0.4) is 0 Å². The number of rotatable bonds is 7. The maximum atomic E-state index is 12.8. The van der Waals surface area contributed by atoms with E-state index in [2.05, 4.69) is 0 Å². The zero-order valence-electron chi connectivity index (χ0n) is 15.4. The molecule has 0 aliphatic heterocycles. The second-order valence-electron chi connectivity index (χ2n) is 6.02. The van der Waals surface area contributed by atoms with Crippen LogP contribution in [0.25, 0.3) is 0 Å². The Balaban J connectivity index is 2.30. The van der Waals surface area contributed by atoms with Gasteiger partial charge in [0.2, 0.25) is 10.0 Å². The zero-order chi connectivity index (χ0) is 20.2. The van der Waals surface area contributed by atoms with Gasteiger partial charge < -0.3 is 4.90 Å². The molecule has 8 heteroatoms. The van der Waals surface area contributed by atoms with Crippen molar-refractivity contribution in [2.45, 2.75) is 25.3 Å². The molecule has 0 aliphatic carbocycles. The normalized spacial score (nSPS) is 11.6. The summed E-state index contributed by atoms with van der Waals surface area (Å²) < 4.78 is 26.9. The summed E-state index contributed by atoms with van der Waals surface area (Å²) >= 11 is 12.0. The van der Waals surface area contributed by atoms with Gasteiger partial charge in [-0.2, -0.15) is 4.31 Å². The fraction of sp³-hybridized carbons (Fsp3) is 0.316. The molecule has 2 aromatic carbocycles. The molecule has 5 nitrogen and oxygen atoms in total. The number of hydrogen-bond acceptors (Lipinski definition) is 3. The highest BCUT2D eigenvalue weighted by molar-refractivity contribution is 7.89. The van der Waals surface area contributed by atoms with Crippen LogP contribution in [-0.4, -0.2) is 43.7 Å². The summed E-state index contributed by atoms with van der Waals surface area (Å²) in [6.07, 6.45) is 0. The monoisotopic (exact) mass is 428 g/mol. The number of amides is 1. The van der Waals surface area contributed by atoms with Gasteiger partial charge in [0, 0.05) is 37.3 Å². The van der Waals surface area contributed by atoms with Crippen LogP contribution in [0.4, 0.5) is 0 Å². The highest BCUT2D eigenvalue weighted by Crippen LogP contribution is 2.26. The quantitative estimate of drug-likeness (QED) is 0.660. The summed E-state index contributed by atoms with van der Waals surface area (Å²) in [6.45, 7) is 4.53. The molecule has 0 spiro atoms. The minimum Gasteiger partial charge on any atom is -0.337 e. The van der Waals surface area contributed by atoms with Gasteiger partial charge >= 0.3 is 0 Å². The molecule has 2 aromatic rings. The molecule has 0 N–H and O–H groups in total. The Bertz CT molecular complexity index is 911. The summed E-state index contributed by atoms with van der Waals surface area (Å²) in [6, 6.07) is 11.5. The van der Waals surface area contributed by atoms with E-state index in [1.807, 2.05) is 12.1 Å². The predicted molar refractivity (Wildman–Crippen MR) is 109 cm³/mol. The summed E-state index contributed by atoms with van der Waals surface area (Å²) in [5, 5.41) is 0.718. The Hall–Kier alpha value is -1.60. The Morgan fingerprint density at radius 3 is 2.15 bits per heavy atom. The second kappa shape index (κ2) is 9.06. The van der Waals surface area contributed by atoms with Gasteiger partial charge in [0.1, 0.15) is 4.90 Å². The van der Waals surface area contributed by atoms with E-state index in [-0.39, 0.29) is 21.4 Å². The fourth-order valence-corrected chi connectivity index (χ4v) is 4.78. The van der Waals surface area contributed by atoms with E-state index in [9.17, 15) is 13.2 Å². The molecule has 0 heterocycles. The molecular formula is C19H22Cl2N2O3S. The number of halogens is 2. The van der Waals surface area contributed by atoms with Crippen LogP contribution >= 0.6 is 23.2 Å². The molecule has 0 saturated carbocycles. The van der Waals surface area contributed by atoms with Crippen molar-refractivity contribution in [1.29, 1.82) is 0 Å². The predicted octanol–water partition coefficient (Wildman–Crippen LogP) is 4.30. The summed E-state index contributed by atoms with van der Waals surface area (Å²) in [5.41, 5.74) is 1.18. The number of carbonyl (C=O) groups excluding carboxylic acids is 1. The van der Waals surface area contributed by atoms with Gasteiger partial charge in [-0.25, -0.2) is 8.42 Å². The Morgan fingerprint density at radius 2 is 1.59 bits per heavy atom. The molecule has 0 bridgehead atoms. The first-order chi connectivity index (χ1) is 12.7. The van der Waals surface area contributed by atoms with Gasteiger partial charge in [-0.05, 0) is 35.9 Å². The third-order valence-electron chi connectivity index (χ3n) is 4.18. The van der Waals surface area contributed by atoms with Crippen LogP contribution in [0.5, 0.6) is 0 Å². The zero-order valence-corrected chi connectivity index (χ0v) is 17.8. The van der Waals surface area contributed by atoms with Crippen molar-refractivity contribution in [1.82, 2.24) is 9.21 Å². The molecule has 0 aromatic heterocycles. The van der Waals surface area contributed by atoms with Crippen molar-refractivity contribution in [3.8, 4) is 0 Å². The summed E-state index contributed by atoms with van der Waals surface area (Å²) in [4.78, 5) is 14.2. The molecule has 146 valence electrons. The number of hydrogen-bond donors (Lipinski definition) is 0. The van der Waals surface area contributed by atoms with E-state index < -0.39 is 10.0 Å². The maximum Gasteiger partial charge on any atom is 0.253 e. The molecule has 0 atom stereocenters. The lowest BCUT2D eigenvalue weighted by molar-refractivity contribution is 0.0785. The van der Waals surface area contributed by atoms with Crippen molar-refractivity contribution < 1.29 is 13.2 Å².